The first-order chi connectivity index (χ1) is 2.27. The largest absolute Gasteiger partial charge is 0.393 e. The summed E-state index contributed by atoms with van der Waals surface area (Å²) >= 11 is 3.77. The van der Waals surface area contributed by atoms with Crippen molar-refractivity contribution in [1.29, 1.82) is 0 Å². The van der Waals surface area contributed by atoms with Crippen molar-refractivity contribution in [2.24, 2.45) is 0 Å². The smallest absolute Gasteiger partial charge is 0.0599 e. The summed E-state index contributed by atoms with van der Waals surface area (Å²) in [6, 6.07) is 0. The van der Waals surface area contributed by atoms with Crippen molar-refractivity contribution in [3.05, 3.63) is 0 Å². The molecule has 0 aromatic heterocycles. The number of rotatable bonds is 1. The first-order valence-electron chi connectivity index (χ1n) is 1.56. The van der Waals surface area contributed by atoms with E-state index in [1.54, 1.807) is 6.92 Å². The zero-order valence-electron chi connectivity index (χ0n) is 3.18. The van der Waals surface area contributed by atoms with E-state index in [1.165, 1.54) is 0 Å². The maximum atomic E-state index is 8.28. The minimum atomic E-state index is -0.252. The van der Waals surface area contributed by atoms with Crippen LogP contribution in [0.3, 0.4) is 0 Å². The highest BCUT2D eigenvalue weighted by Gasteiger charge is 1.82. The predicted molar refractivity (Wildman–Crippen MR) is 32.3 cm³/mol. The maximum absolute atomic E-state index is 8.28. The van der Waals surface area contributed by atoms with Crippen LogP contribution >= 0.6 is 12.6 Å². The maximum Gasteiger partial charge on any atom is 0.0599 e. The van der Waals surface area contributed by atoms with Crippen LogP contribution in [0.5, 0.6) is 0 Å². The average Bonchev–Trinajstić information content (AvgIpc) is 1.38. The van der Waals surface area contributed by atoms with Gasteiger partial charge in [0.25, 0.3) is 0 Å². The topological polar surface area (TPSA) is 20.2 Å². The Morgan fingerprint density at radius 2 is 2.00 bits per heavy atom. The molecule has 0 heterocycles. The highest BCUT2D eigenvalue weighted by atomic mass is 32.1. The number of hydrogen-bond donors (Lipinski definition) is 2. The summed E-state index contributed by atoms with van der Waals surface area (Å²) < 4.78 is 0. The van der Waals surface area contributed by atoms with Gasteiger partial charge in [0.05, 0.1) is 6.10 Å². The fourth-order valence-electron chi connectivity index (χ4n) is 0. The second-order valence-electron chi connectivity index (χ2n) is 1.03. The molecule has 0 aromatic carbocycles. The zero-order valence-corrected chi connectivity index (χ0v) is 4.07. The average molecular weight is 108 g/mol. The monoisotopic (exact) mass is 108 g/mol. The molecular weight excluding hydrogens is 96.1 g/mol. The summed E-state index contributed by atoms with van der Waals surface area (Å²) in [4.78, 5) is 0. The molecule has 40 valence electrons. The Balaban J connectivity index is 0. The summed E-state index contributed by atoms with van der Waals surface area (Å²) in [6.07, 6.45) is -0.252. The van der Waals surface area contributed by atoms with Crippen molar-refractivity contribution in [3.8, 4) is 0 Å². The molecule has 0 saturated heterocycles. The first-order valence-corrected chi connectivity index (χ1v) is 2.19. The van der Waals surface area contributed by atoms with E-state index in [2.05, 4.69) is 12.6 Å². The molecule has 0 aliphatic carbocycles. The summed E-state index contributed by atoms with van der Waals surface area (Å²) in [6.45, 7) is 1.70. The van der Waals surface area contributed by atoms with Crippen LogP contribution in [0.2, 0.25) is 0 Å². The van der Waals surface area contributed by atoms with Crippen molar-refractivity contribution in [2.45, 2.75) is 20.5 Å². The van der Waals surface area contributed by atoms with Gasteiger partial charge >= 0.3 is 0 Å². The van der Waals surface area contributed by atoms with Gasteiger partial charge in [-0.25, -0.2) is 0 Å². The number of aliphatic hydroxyl groups is 1. The SMILES string of the molecule is C.CC(O)CS. The van der Waals surface area contributed by atoms with Crippen LogP contribution in [0.1, 0.15) is 14.4 Å². The van der Waals surface area contributed by atoms with Crippen LogP contribution in [0.4, 0.5) is 0 Å². The highest BCUT2D eigenvalue weighted by Crippen LogP contribution is 1.79. The molecule has 1 nitrogen and oxygen atoms in total. The normalized spacial score (nSPS) is 12.5. The molecular formula is C4H12OS. The van der Waals surface area contributed by atoms with Gasteiger partial charge in [-0.1, -0.05) is 7.43 Å². The minimum absolute atomic E-state index is 0. The Hall–Kier alpha value is 0.310. The molecule has 0 radical (unpaired) electrons. The Morgan fingerprint density at radius 3 is 2.00 bits per heavy atom. The molecule has 0 fully saturated rings. The van der Waals surface area contributed by atoms with Crippen molar-refractivity contribution in [2.75, 3.05) is 5.75 Å². The molecule has 6 heavy (non-hydrogen) atoms. The van der Waals surface area contributed by atoms with E-state index in [0.717, 1.165) is 0 Å². The molecule has 0 spiro atoms. The van der Waals surface area contributed by atoms with E-state index in [-0.39, 0.29) is 13.5 Å². The van der Waals surface area contributed by atoms with Gasteiger partial charge in [0.1, 0.15) is 0 Å². The third-order valence-electron chi connectivity index (χ3n) is 0.264. The molecule has 0 saturated carbocycles. The van der Waals surface area contributed by atoms with Gasteiger partial charge in [-0.3, -0.25) is 0 Å². The van der Waals surface area contributed by atoms with Crippen molar-refractivity contribution < 1.29 is 5.11 Å². The van der Waals surface area contributed by atoms with Crippen LogP contribution < -0.4 is 0 Å². The van der Waals surface area contributed by atoms with Crippen molar-refractivity contribution in [3.63, 3.8) is 0 Å². The van der Waals surface area contributed by atoms with E-state index in [0.29, 0.717) is 5.75 Å². The van der Waals surface area contributed by atoms with E-state index in [1.807, 2.05) is 0 Å². The Morgan fingerprint density at radius 1 is 1.83 bits per heavy atom. The molecule has 1 unspecified atom stereocenters. The van der Waals surface area contributed by atoms with E-state index in [9.17, 15) is 0 Å². The first kappa shape index (κ1) is 9.58. The summed E-state index contributed by atoms with van der Waals surface area (Å²) in [7, 11) is 0. The molecule has 1 N–H and O–H groups in total. The van der Waals surface area contributed by atoms with Gasteiger partial charge in [0.15, 0.2) is 0 Å². The fourth-order valence-corrected chi connectivity index (χ4v) is 0. The fraction of sp³-hybridized carbons (Fsp3) is 1.00. The third kappa shape index (κ3) is 8.85. The lowest BCUT2D eigenvalue weighted by atomic mass is 10.5. The number of thiol groups is 1. The molecule has 0 aliphatic rings. The van der Waals surface area contributed by atoms with Crippen LogP contribution in [-0.2, 0) is 0 Å². The second-order valence-corrected chi connectivity index (χ2v) is 1.40. The van der Waals surface area contributed by atoms with Crippen LogP contribution in [0.25, 0.3) is 0 Å². The molecule has 1 atom stereocenters. The minimum Gasteiger partial charge on any atom is -0.393 e. The van der Waals surface area contributed by atoms with Crippen LogP contribution in [0, 0.1) is 0 Å². The Kier molecular flexibility index (Phi) is 8.48. The van der Waals surface area contributed by atoms with E-state index in [4.69, 9.17) is 5.11 Å². The molecule has 0 amide bonds. The Bertz CT molecular complexity index is 21.5. The quantitative estimate of drug-likeness (QED) is 0.479. The zero-order chi connectivity index (χ0) is 4.28. The van der Waals surface area contributed by atoms with Gasteiger partial charge in [0, 0.05) is 5.75 Å². The number of hydrogen-bond acceptors (Lipinski definition) is 2. The van der Waals surface area contributed by atoms with Gasteiger partial charge in [-0.05, 0) is 6.92 Å². The van der Waals surface area contributed by atoms with Crippen LogP contribution in [0.15, 0.2) is 0 Å². The lowest BCUT2D eigenvalue weighted by molar-refractivity contribution is 0.221. The van der Waals surface area contributed by atoms with Gasteiger partial charge < -0.3 is 5.11 Å². The third-order valence-corrected chi connectivity index (χ3v) is 0.793. The molecule has 2 heteroatoms. The predicted octanol–water partition coefficient (Wildman–Crippen LogP) is 0.933. The van der Waals surface area contributed by atoms with Gasteiger partial charge in [0.2, 0.25) is 0 Å². The van der Waals surface area contributed by atoms with Crippen molar-refractivity contribution >= 4 is 12.6 Å². The van der Waals surface area contributed by atoms with Crippen molar-refractivity contribution in [1.82, 2.24) is 0 Å². The lowest BCUT2D eigenvalue weighted by Crippen LogP contribution is -1.98. The Labute approximate surface area is 44.8 Å². The molecule has 0 aromatic rings. The van der Waals surface area contributed by atoms with E-state index >= 15 is 0 Å². The van der Waals surface area contributed by atoms with E-state index < -0.39 is 0 Å². The molecule has 0 bridgehead atoms. The number of aliphatic hydroxyl groups excluding tert-OH is 1. The molecule has 0 aliphatic heterocycles. The molecule has 0 rings (SSSR count). The van der Waals surface area contributed by atoms with Gasteiger partial charge in [-0.2, -0.15) is 12.6 Å². The lowest BCUT2D eigenvalue weighted by Gasteiger charge is -1.89. The van der Waals surface area contributed by atoms with Gasteiger partial charge in [-0.15, -0.1) is 0 Å². The summed E-state index contributed by atoms with van der Waals surface area (Å²) in [5.74, 6) is 0.556. The summed E-state index contributed by atoms with van der Waals surface area (Å²) in [5, 5.41) is 8.28. The highest BCUT2D eigenvalue weighted by molar-refractivity contribution is 7.80. The van der Waals surface area contributed by atoms with Crippen LogP contribution in [-0.4, -0.2) is 17.0 Å². The second kappa shape index (κ2) is 5.31. The summed E-state index contributed by atoms with van der Waals surface area (Å²) in [5.41, 5.74) is 0. The standard InChI is InChI=1S/C3H8OS.CH4/c1-3(4)2-5;/h3-5H,2H2,1H3;1H4.